The van der Waals surface area contributed by atoms with E-state index in [1.807, 2.05) is 0 Å². The highest BCUT2D eigenvalue weighted by atomic mass is 19.4. The van der Waals surface area contributed by atoms with Crippen LogP contribution in [0.2, 0.25) is 0 Å². The molecule has 1 N–H and O–H groups in total. The van der Waals surface area contributed by atoms with E-state index in [1.54, 1.807) is 44.2 Å². The van der Waals surface area contributed by atoms with Crippen molar-refractivity contribution in [2.75, 3.05) is 0 Å². The summed E-state index contributed by atoms with van der Waals surface area (Å²) in [6.45, 7) is 3.22. The summed E-state index contributed by atoms with van der Waals surface area (Å²) in [5, 5.41) is 9.37. The first-order valence-corrected chi connectivity index (χ1v) is 7.05. The standard InChI is InChI=1S/C17H17F3O3/c1-11(2)22-15-8-7-12(9-16(15)23-17(18,19)20)14-6-4-3-5-13(14)10-21/h3-9,11,21H,10H2,1-2H3. The second kappa shape index (κ2) is 6.91. The lowest BCUT2D eigenvalue weighted by Crippen LogP contribution is -2.18. The maximum atomic E-state index is 12.6. The van der Waals surface area contributed by atoms with Gasteiger partial charge in [0.15, 0.2) is 11.5 Å². The third kappa shape index (κ3) is 4.63. The second-order valence-corrected chi connectivity index (χ2v) is 5.19. The molecule has 0 spiro atoms. The minimum absolute atomic E-state index is 0.0163. The molecule has 124 valence electrons. The summed E-state index contributed by atoms with van der Waals surface area (Å²) in [7, 11) is 0. The highest BCUT2D eigenvalue weighted by molar-refractivity contribution is 5.70. The fourth-order valence-electron chi connectivity index (χ4n) is 2.17. The number of halogens is 3. The molecule has 0 heterocycles. The number of rotatable bonds is 5. The highest BCUT2D eigenvalue weighted by Crippen LogP contribution is 2.37. The molecule has 23 heavy (non-hydrogen) atoms. The van der Waals surface area contributed by atoms with Gasteiger partial charge in [-0.2, -0.15) is 0 Å². The zero-order valence-corrected chi connectivity index (χ0v) is 12.7. The molecule has 0 aliphatic carbocycles. The average molecular weight is 326 g/mol. The predicted molar refractivity (Wildman–Crippen MR) is 80.2 cm³/mol. The largest absolute Gasteiger partial charge is 0.573 e. The number of aliphatic hydroxyl groups is 1. The van der Waals surface area contributed by atoms with Crippen molar-refractivity contribution in [2.24, 2.45) is 0 Å². The van der Waals surface area contributed by atoms with E-state index in [1.165, 1.54) is 12.1 Å². The zero-order chi connectivity index (χ0) is 17.0. The van der Waals surface area contributed by atoms with Gasteiger partial charge in [0.1, 0.15) is 0 Å². The van der Waals surface area contributed by atoms with Gasteiger partial charge in [0.2, 0.25) is 0 Å². The molecule has 0 aromatic heterocycles. The van der Waals surface area contributed by atoms with Crippen molar-refractivity contribution in [1.82, 2.24) is 0 Å². The van der Waals surface area contributed by atoms with Gasteiger partial charge < -0.3 is 14.6 Å². The maximum absolute atomic E-state index is 12.6. The lowest BCUT2D eigenvalue weighted by Gasteiger charge is -2.17. The van der Waals surface area contributed by atoms with Crippen LogP contribution in [0.5, 0.6) is 11.5 Å². The molecule has 0 fully saturated rings. The number of alkyl halides is 3. The van der Waals surface area contributed by atoms with E-state index in [9.17, 15) is 18.3 Å². The molecule has 0 saturated carbocycles. The quantitative estimate of drug-likeness (QED) is 0.877. The van der Waals surface area contributed by atoms with Crippen molar-refractivity contribution in [1.29, 1.82) is 0 Å². The first-order chi connectivity index (χ1) is 10.8. The molecule has 0 aliphatic heterocycles. The molecule has 0 saturated heterocycles. The van der Waals surface area contributed by atoms with Gasteiger partial charge in [0, 0.05) is 0 Å². The van der Waals surface area contributed by atoms with Crippen molar-refractivity contribution in [2.45, 2.75) is 32.9 Å². The predicted octanol–water partition coefficient (Wildman–Crippen LogP) is 4.53. The van der Waals surface area contributed by atoms with E-state index in [-0.39, 0.29) is 18.5 Å². The molecular formula is C17H17F3O3. The Hall–Kier alpha value is -2.21. The van der Waals surface area contributed by atoms with Crippen molar-refractivity contribution in [3.05, 3.63) is 48.0 Å². The first kappa shape index (κ1) is 17.1. The molecule has 2 rings (SSSR count). The Morgan fingerprint density at radius 2 is 1.74 bits per heavy atom. The molecule has 2 aromatic rings. The van der Waals surface area contributed by atoms with Gasteiger partial charge in [-0.15, -0.1) is 13.2 Å². The minimum atomic E-state index is -4.82. The van der Waals surface area contributed by atoms with Gasteiger partial charge in [-0.25, -0.2) is 0 Å². The van der Waals surface area contributed by atoms with E-state index in [0.717, 1.165) is 0 Å². The molecular weight excluding hydrogens is 309 g/mol. The molecule has 6 heteroatoms. The SMILES string of the molecule is CC(C)Oc1ccc(-c2ccccc2CO)cc1OC(F)(F)F. The fraction of sp³-hybridized carbons (Fsp3) is 0.294. The first-order valence-electron chi connectivity index (χ1n) is 7.05. The van der Waals surface area contributed by atoms with Crippen LogP contribution in [-0.2, 0) is 6.61 Å². The summed E-state index contributed by atoms with van der Waals surface area (Å²) in [6.07, 6.45) is -5.11. The topological polar surface area (TPSA) is 38.7 Å². The zero-order valence-electron chi connectivity index (χ0n) is 12.7. The Morgan fingerprint density at radius 1 is 1.04 bits per heavy atom. The highest BCUT2D eigenvalue weighted by Gasteiger charge is 2.32. The smallest absolute Gasteiger partial charge is 0.487 e. The van der Waals surface area contributed by atoms with Crippen molar-refractivity contribution in [3.63, 3.8) is 0 Å². The number of aliphatic hydroxyl groups excluding tert-OH is 1. The maximum Gasteiger partial charge on any atom is 0.573 e. The molecule has 0 bridgehead atoms. The Kier molecular flexibility index (Phi) is 5.15. The van der Waals surface area contributed by atoms with E-state index in [4.69, 9.17) is 4.74 Å². The lowest BCUT2D eigenvalue weighted by molar-refractivity contribution is -0.275. The number of hydrogen-bond acceptors (Lipinski definition) is 3. The monoisotopic (exact) mass is 326 g/mol. The molecule has 0 radical (unpaired) electrons. The number of benzene rings is 2. The van der Waals surface area contributed by atoms with Crippen LogP contribution in [0.3, 0.4) is 0 Å². The van der Waals surface area contributed by atoms with Gasteiger partial charge in [-0.05, 0) is 42.7 Å². The van der Waals surface area contributed by atoms with E-state index >= 15 is 0 Å². The third-order valence-electron chi connectivity index (χ3n) is 3.03. The molecule has 0 atom stereocenters. The van der Waals surface area contributed by atoms with E-state index in [2.05, 4.69) is 4.74 Å². The van der Waals surface area contributed by atoms with E-state index in [0.29, 0.717) is 16.7 Å². The van der Waals surface area contributed by atoms with Crippen LogP contribution >= 0.6 is 0 Å². The van der Waals surface area contributed by atoms with Crippen LogP contribution in [0.15, 0.2) is 42.5 Å². The van der Waals surface area contributed by atoms with Gasteiger partial charge in [0.05, 0.1) is 12.7 Å². The van der Waals surface area contributed by atoms with Crippen molar-refractivity contribution >= 4 is 0 Å². The van der Waals surface area contributed by atoms with Crippen LogP contribution in [0.25, 0.3) is 11.1 Å². The number of ether oxygens (including phenoxy) is 2. The van der Waals surface area contributed by atoms with Gasteiger partial charge in [-0.3, -0.25) is 0 Å². The molecule has 3 nitrogen and oxygen atoms in total. The van der Waals surface area contributed by atoms with Crippen molar-refractivity contribution < 1.29 is 27.8 Å². The third-order valence-corrected chi connectivity index (χ3v) is 3.03. The van der Waals surface area contributed by atoms with Crippen LogP contribution < -0.4 is 9.47 Å². The Labute approximate surface area is 132 Å². The molecule has 0 unspecified atom stereocenters. The lowest BCUT2D eigenvalue weighted by atomic mass is 10.00. The average Bonchev–Trinajstić information content (AvgIpc) is 2.47. The summed E-state index contributed by atoms with van der Waals surface area (Å²) in [4.78, 5) is 0. The Balaban J connectivity index is 2.48. The molecule has 2 aromatic carbocycles. The Morgan fingerprint density at radius 3 is 2.35 bits per heavy atom. The summed E-state index contributed by atoms with van der Waals surface area (Å²) < 4.78 is 47.3. The molecule has 0 amide bonds. The van der Waals surface area contributed by atoms with Gasteiger partial charge in [0.25, 0.3) is 0 Å². The van der Waals surface area contributed by atoms with Crippen LogP contribution in [0, 0.1) is 0 Å². The fourth-order valence-corrected chi connectivity index (χ4v) is 2.17. The normalized spacial score (nSPS) is 11.6. The number of hydrogen-bond donors (Lipinski definition) is 1. The van der Waals surface area contributed by atoms with Crippen LogP contribution in [0.1, 0.15) is 19.4 Å². The summed E-state index contributed by atoms with van der Waals surface area (Å²) in [6, 6.07) is 11.3. The second-order valence-electron chi connectivity index (χ2n) is 5.19. The van der Waals surface area contributed by atoms with E-state index < -0.39 is 12.1 Å². The minimum Gasteiger partial charge on any atom is -0.487 e. The van der Waals surface area contributed by atoms with Gasteiger partial charge in [-0.1, -0.05) is 30.3 Å². The van der Waals surface area contributed by atoms with Crippen LogP contribution in [-0.4, -0.2) is 17.6 Å². The summed E-state index contributed by atoms with van der Waals surface area (Å²) in [5.74, 6) is -0.390. The summed E-state index contributed by atoms with van der Waals surface area (Å²) in [5.41, 5.74) is 1.76. The Bertz CT molecular complexity index is 666. The van der Waals surface area contributed by atoms with Crippen LogP contribution in [0.4, 0.5) is 13.2 Å². The van der Waals surface area contributed by atoms with Gasteiger partial charge >= 0.3 is 6.36 Å². The summed E-state index contributed by atoms with van der Waals surface area (Å²) >= 11 is 0. The molecule has 0 aliphatic rings. The van der Waals surface area contributed by atoms with Crippen molar-refractivity contribution in [3.8, 4) is 22.6 Å².